The summed E-state index contributed by atoms with van der Waals surface area (Å²) in [5, 5.41) is 2.66. The number of benzene rings is 3. The Morgan fingerprint density at radius 2 is 1.43 bits per heavy atom. The van der Waals surface area contributed by atoms with Crippen LogP contribution in [-0.2, 0) is 17.4 Å². The van der Waals surface area contributed by atoms with Crippen LogP contribution >= 0.6 is 0 Å². The van der Waals surface area contributed by atoms with Gasteiger partial charge in [0.15, 0.2) is 0 Å². The Bertz CT molecular complexity index is 1380. The number of alkyl halides is 3. The molecule has 3 aromatic rings. The first-order valence-corrected chi connectivity index (χ1v) is 11.9. The third kappa shape index (κ3) is 4.94. The van der Waals surface area contributed by atoms with Gasteiger partial charge in [0, 0.05) is 31.7 Å². The second kappa shape index (κ2) is 9.72. The number of fused-ring (bicyclic) bond motifs is 3. The molecule has 1 aliphatic carbocycles. The maximum Gasteiger partial charge on any atom is 0.417 e. The average molecular weight is 508 g/mol. The number of nitrogens with one attached hydrogen (secondary N) is 1. The van der Waals surface area contributed by atoms with E-state index >= 15 is 0 Å². The number of carbonyl (C=O) groups is 3. The van der Waals surface area contributed by atoms with Crippen molar-refractivity contribution in [1.82, 2.24) is 15.1 Å². The number of rotatable bonds is 4. The molecule has 9 heteroatoms. The summed E-state index contributed by atoms with van der Waals surface area (Å²) >= 11 is 0. The van der Waals surface area contributed by atoms with Gasteiger partial charge in [-0.1, -0.05) is 42.5 Å². The lowest BCUT2D eigenvalue weighted by Gasteiger charge is -2.35. The van der Waals surface area contributed by atoms with E-state index in [2.05, 4.69) is 17.4 Å². The van der Waals surface area contributed by atoms with Crippen molar-refractivity contribution in [3.63, 3.8) is 0 Å². The van der Waals surface area contributed by atoms with E-state index in [0.717, 1.165) is 29.7 Å². The first-order valence-electron chi connectivity index (χ1n) is 11.9. The fourth-order valence-electron chi connectivity index (χ4n) is 4.90. The van der Waals surface area contributed by atoms with Crippen LogP contribution in [0, 0.1) is 0 Å². The average Bonchev–Trinajstić information content (AvgIpc) is 3.28. The van der Waals surface area contributed by atoms with Crippen molar-refractivity contribution in [2.45, 2.75) is 12.6 Å². The van der Waals surface area contributed by atoms with E-state index in [1.807, 2.05) is 24.3 Å². The molecule has 1 aliphatic heterocycles. The molecule has 190 valence electrons. The molecule has 5 rings (SSSR count). The molecule has 0 saturated carbocycles. The lowest BCUT2D eigenvalue weighted by molar-refractivity contribution is -0.138. The molecule has 3 aromatic carbocycles. The monoisotopic (exact) mass is 507 g/mol. The summed E-state index contributed by atoms with van der Waals surface area (Å²) < 4.78 is 39.9. The Labute approximate surface area is 211 Å². The highest BCUT2D eigenvalue weighted by atomic mass is 19.4. The Kier molecular flexibility index (Phi) is 6.45. The Balaban J connectivity index is 1.15. The fourth-order valence-corrected chi connectivity index (χ4v) is 4.90. The smallest absolute Gasteiger partial charge is 0.343 e. The fraction of sp³-hybridized carbons (Fsp3) is 0.250. The van der Waals surface area contributed by atoms with Gasteiger partial charge in [0.05, 0.1) is 17.7 Å². The third-order valence-electron chi connectivity index (χ3n) is 6.84. The van der Waals surface area contributed by atoms with Crippen LogP contribution in [0.5, 0.6) is 0 Å². The van der Waals surface area contributed by atoms with E-state index in [1.165, 1.54) is 33.1 Å². The molecule has 0 atom stereocenters. The molecule has 0 aromatic heterocycles. The van der Waals surface area contributed by atoms with Crippen LogP contribution in [-0.4, -0.2) is 60.2 Å². The second-order valence-corrected chi connectivity index (χ2v) is 9.10. The normalized spacial score (nSPS) is 14.7. The summed E-state index contributed by atoms with van der Waals surface area (Å²) in [6.45, 7) is 0.352. The summed E-state index contributed by atoms with van der Waals surface area (Å²) in [7, 11) is 0. The summed E-state index contributed by atoms with van der Waals surface area (Å²) in [6.07, 6.45) is -3.88. The van der Waals surface area contributed by atoms with Gasteiger partial charge in [-0.25, -0.2) is 0 Å². The predicted molar refractivity (Wildman–Crippen MR) is 131 cm³/mol. The minimum atomic E-state index is -4.63. The van der Waals surface area contributed by atoms with Crippen LogP contribution in [0.4, 0.5) is 13.2 Å². The zero-order valence-electron chi connectivity index (χ0n) is 19.8. The Morgan fingerprint density at radius 3 is 2.19 bits per heavy atom. The number of piperazine rings is 1. The summed E-state index contributed by atoms with van der Waals surface area (Å²) in [4.78, 5) is 40.9. The molecule has 1 N–H and O–H groups in total. The van der Waals surface area contributed by atoms with Crippen molar-refractivity contribution in [3.8, 4) is 11.1 Å². The third-order valence-corrected chi connectivity index (χ3v) is 6.84. The molecule has 2 aliphatic rings. The molecule has 1 heterocycles. The van der Waals surface area contributed by atoms with Crippen LogP contribution in [0.25, 0.3) is 11.1 Å². The first kappa shape index (κ1) is 24.5. The highest BCUT2D eigenvalue weighted by molar-refractivity contribution is 5.98. The molecule has 0 spiro atoms. The molecule has 3 amide bonds. The van der Waals surface area contributed by atoms with E-state index in [1.54, 1.807) is 6.07 Å². The van der Waals surface area contributed by atoms with E-state index in [-0.39, 0.29) is 44.5 Å². The number of hydrogen-bond acceptors (Lipinski definition) is 3. The van der Waals surface area contributed by atoms with Crippen LogP contribution in [0.2, 0.25) is 0 Å². The highest BCUT2D eigenvalue weighted by Gasteiger charge is 2.36. The standard InChI is InChI=1S/C28H24F3N3O3/c29-28(30,31)24-8-4-3-7-23(24)27(37)34-13-11-33(12-14-34)25(35)17-32-26(36)19-9-10-22-20(16-19)15-18-5-1-2-6-21(18)22/h1-10,16H,11-15,17H2,(H,32,36). The van der Waals surface area contributed by atoms with Crippen molar-refractivity contribution in [1.29, 1.82) is 0 Å². The van der Waals surface area contributed by atoms with Crippen LogP contribution in [0.3, 0.4) is 0 Å². The molecule has 0 bridgehead atoms. The minimum Gasteiger partial charge on any atom is -0.343 e. The number of nitrogens with zero attached hydrogens (tertiary/aromatic N) is 2. The molecule has 0 unspecified atom stereocenters. The van der Waals surface area contributed by atoms with Crippen molar-refractivity contribution in [3.05, 3.63) is 94.5 Å². The molecule has 37 heavy (non-hydrogen) atoms. The van der Waals surface area contributed by atoms with Crippen molar-refractivity contribution in [2.75, 3.05) is 32.7 Å². The first-order chi connectivity index (χ1) is 17.7. The van der Waals surface area contributed by atoms with Crippen molar-refractivity contribution >= 4 is 17.7 Å². The molecule has 0 radical (unpaired) electrons. The van der Waals surface area contributed by atoms with E-state index in [4.69, 9.17) is 0 Å². The second-order valence-electron chi connectivity index (χ2n) is 9.10. The van der Waals surface area contributed by atoms with Crippen molar-refractivity contribution < 1.29 is 27.6 Å². The van der Waals surface area contributed by atoms with E-state index in [0.29, 0.717) is 5.56 Å². The summed E-state index contributed by atoms with van der Waals surface area (Å²) in [5.74, 6) is -1.39. The zero-order valence-corrected chi connectivity index (χ0v) is 19.8. The lowest BCUT2D eigenvalue weighted by Crippen LogP contribution is -2.52. The van der Waals surface area contributed by atoms with E-state index < -0.39 is 23.2 Å². The van der Waals surface area contributed by atoms with Gasteiger partial charge in [0.25, 0.3) is 11.8 Å². The number of amides is 3. The quantitative estimate of drug-likeness (QED) is 0.454. The van der Waals surface area contributed by atoms with Gasteiger partial charge in [-0.15, -0.1) is 0 Å². The highest BCUT2D eigenvalue weighted by Crippen LogP contribution is 2.36. The number of halogens is 3. The van der Waals surface area contributed by atoms with E-state index in [9.17, 15) is 27.6 Å². The van der Waals surface area contributed by atoms with Gasteiger partial charge < -0.3 is 15.1 Å². The number of hydrogen-bond donors (Lipinski definition) is 1. The largest absolute Gasteiger partial charge is 0.417 e. The van der Waals surface area contributed by atoms with Gasteiger partial charge in [-0.2, -0.15) is 13.2 Å². The molecular weight excluding hydrogens is 483 g/mol. The zero-order chi connectivity index (χ0) is 26.2. The van der Waals surface area contributed by atoms with Gasteiger partial charge in [0.1, 0.15) is 0 Å². The van der Waals surface area contributed by atoms with Gasteiger partial charge in [-0.05, 0) is 52.9 Å². The Morgan fingerprint density at radius 1 is 0.784 bits per heavy atom. The van der Waals surface area contributed by atoms with Crippen LogP contribution < -0.4 is 5.32 Å². The summed E-state index contributed by atoms with van der Waals surface area (Å²) in [6, 6.07) is 18.3. The topological polar surface area (TPSA) is 69.7 Å². The van der Waals surface area contributed by atoms with Crippen LogP contribution in [0.15, 0.2) is 66.7 Å². The molecule has 1 fully saturated rings. The van der Waals surface area contributed by atoms with Gasteiger partial charge in [0.2, 0.25) is 5.91 Å². The van der Waals surface area contributed by atoms with Gasteiger partial charge >= 0.3 is 6.18 Å². The maximum atomic E-state index is 13.3. The predicted octanol–water partition coefficient (Wildman–Crippen LogP) is 3.99. The molecule has 6 nitrogen and oxygen atoms in total. The summed E-state index contributed by atoms with van der Waals surface area (Å²) in [5.41, 5.74) is 3.64. The number of carbonyl (C=O) groups excluding carboxylic acids is 3. The molecular formula is C28H24F3N3O3. The van der Waals surface area contributed by atoms with Crippen LogP contribution in [0.1, 0.15) is 37.4 Å². The minimum absolute atomic E-state index is 0.107. The Hall–Kier alpha value is -4.14. The van der Waals surface area contributed by atoms with Crippen molar-refractivity contribution in [2.24, 2.45) is 0 Å². The lowest BCUT2D eigenvalue weighted by atomic mass is 10.0. The maximum absolute atomic E-state index is 13.3. The SMILES string of the molecule is O=C(NCC(=O)N1CCN(C(=O)c2ccccc2C(F)(F)F)CC1)c1ccc2c(c1)Cc1ccccc1-2. The van der Waals surface area contributed by atoms with Gasteiger partial charge in [-0.3, -0.25) is 14.4 Å². The molecule has 1 saturated heterocycles.